The first kappa shape index (κ1) is 13.9. The summed E-state index contributed by atoms with van der Waals surface area (Å²) in [5.74, 6) is 1.28. The number of hydrogen-bond acceptors (Lipinski definition) is 4. The molecule has 104 valence electrons. The van der Waals surface area contributed by atoms with Gasteiger partial charge in [-0.1, -0.05) is 0 Å². The van der Waals surface area contributed by atoms with E-state index in [9.17, 15) is 4.79 Å². The third kappa shape index (κ3) is 3.06. The highest BCUT2D eigenvalue weighted by molar-refractivity contribution is 6.06. The molecule has 0 amide bonds. The van der Waals surface area contributed by atoms with Crippen molar-refractivity contribution in [2.24, 2.45) is 7.05 Å². The van der Waals surface area contributed by atoms with Gasteiger partial charge >= 0.3 is 0 Å². The molecule has 0 aliphatic heterocycles. The Morgan fingerprint density at radius 2 is 2.10 bits per heavy atom. The van der Waals surface area contributed by atoms with Gasteiger partial charge in [0, 0.05) is 18.8 Å². The second-order valence-electron chi connectivity index (χ2n) is 4.21. The molecule has 1 heterocycles. The number of aromatic nitrogens is 2. The molecule has 0 unspecified atom stereocenters. The van der Waals surface area contributed by atoms with Gasteiger partial charge in [0.1, 0.15) is 11.5 Å². The van der Waals surface area contributed by atoms with Gasteiger partial charge in [-0.2, -0.15) is 5.10 Å². The lowest BCUT2D eigenvalue weighted by Gasteiger charge is -2.06. The molecule has 20 heavy (non-hydrogen) atoms. The summed E-state index contributed by atoms with van der Waals surface area (Å²) in [5, 5.41) is 3.97. The summed E-state index contributed by atoms with van der Waals surface area (Å²) in [4.78, 5) is 12.0. The Morgan fingerprint density at radius 1 is 1.30 bits per heavy atom. The van der Waals surface area contributed by atoms with Crippen LogP contribution in [0.3, 0.4) is 0 Å². The van der Waals surface area contributed by atoms with Crippen LogP contribution in [0.15, 0.2) is 36.7 Å². The average molecular weight is 272 g/mol. The molecule has 0 aliphatic rings. The molecule has 0 aliphatic carbocycles. The minimum absolute atomic E-state index is 0.108. The molecular weight excluding hydrogens is 256 g/mol. The maximum atomic E-state index is 12.0. The van der Waals surface area contributed by atoms with Crippen LogP contribution in [-0.2, 0) is 7.05 Å². The monoisotopic (exact) mass is 272 g/mol. The van der Waals surface area contributed by atoms with Crippen LogP contribution >= 0.6 is 0 Å². The molecule has 0 spiro atoms. The molecule has 0 saturated heterocycles. The number of carbonyl (C=O) groups excluding carboxylic acids is 1. The second-order valence-corrected chi connectivity index (χ2v) is 4.21. The van der Waals surface area contributed by atoms with E-state index in [1.54, 1.807) is 50.4 Å². The van der Waals surface area contributed by atoms with Crippen molar-refractivity contribution in [2.75, 3.05) is 14.2 Å². The molecule has 0 atom stereocenters. The molecule has 2 rings (SSSR count). The van der Waals surface area contributed by atoms with E-state index in [4.69, 9.17) is 9.47 Å². The minimum Gasteiger partial charge on any atom is -0.497 e. The van der Waals surface area contributed by atoms with E-state index in [1.165, 1.54) is 12.3 Å². The summed E-state index contributed by atoms with van der Waals surface area (Å²) in [5.41, 5.74) is 1.33. The molecule has 2 aromatic rings. The van der Waals surface area contributed by atoms with Crippen LogP contribution in [0.5, 0.6) is 11.5 Å². The number of carbonyl (C=O) groups is 1. The Bertz CT molecular complexity index is 644. The van der Waals surface area contributed by atoms with Crippen molar-refractivity contribution in [1.29, 1.82) is 0 Å². The Kier molecular flexibility index (Phi) is 4.20. The van der Waals surface area contributed by atoms with Gasteiger partial charge in [-0.15, -0.1) is 0 Å². The first-order valence-electron chi connectivity index (χ1n) is 6.07. The van der Waals surface area contributed by atoms with Crippen molar-refractivity contribution in [2.45, 2.75) is 0 Å². The van der Waals surface area contributed by atoms with Crippen LogP contribution in [0.2, 0.25) is 0 Å². The molecule has 0 fully saturated rings. The van der Waals surface area contributed by atoms with E-state index in [0.29, 0.717) is 17.1 Å². The van der Waals surface area contributed by atoms with Gasteiger partial charge in [0.05, 0.1) is 26.0 Å². The number of hydrogen-bond donors (Lipinski definition) is 0. The molecular formula is C15H16N2O3. The Balaban J connectivity index is 2.24. The van der Waals surface area contributed by atoms with Gasteiger partial charge in [-0.05, 0) is 30.4 Å². The predicted molar refractivity (Wildman–Crippen MR) is 76.1 cm³/mol. The Morgan fingerprint density at radius 3 is 2.70 bits per heavy atom. The van der Waals surface area contributed by atoms with Gasteiger partial charge < -0.3 is 9.47 Å². The maximum Gasteiger partial charge on any atom is 0.189 e. The SMILES string of the molecule is COc1ccc(OC)c(C=CC(=O)c2cnn(C)c2)c1. The number of allylic oxidation sites excluding steroid dienone is 1. The third-order valence-electron chi connectivity index (χ3n) is 2.84. The van der Waals surface area contributed by atoms with E-state index in [-0.39, 0.29) is 5.78 Å². The fraction of sp³-hybridized carbons (Fsp3) is 0.200. The average Bonchev–Trinajstić information content (AvgIpc) is 2.91. The summed E-state index contributed by atoms with van der Waals surface area (Å²) in [7, 11) is 4.95. The lowest BCUT2D eigenvalue weighted by atomic mass is 10.1. The zero-order chi connectivity index (χ0) is 14.5. The number of nitrogens with zero attached hydrogens (tertiary/aromatic N) is 2. The van der Waals surface area contributed by atoms with Crippen LogP contribution in [0.25, 0.3) is 6.08 Å². The van der Waals surface area contributed by atoms with E-state index in [2.05, 4.69) is 5.10 Å². The minimum atomic E-state index is -0.108. The molecule has 1 aromatic heterocycles. The fourth-order valence-electron chi connectivity index (χ4n) is 1.78. The van der Waals surface area contributed by atoms with Crippen LogP contribution in [0.4, 0.5) is 0 Å². The van der Waals surface area contributed by atoms with E-state index < -0.39 is 0 Å². The topological polar surface area (TPSA) is 53.4 Å². The van der Waals surface area contributed by atoms with Gasteiger partial charge in [0.25, 0.3) is 0 Å². The first-order valence-corrected chi connectivity index (χ1v) is 6.07. The van der Waals surface area contributed by atoms with E-state index in [1.807, 2.05) is 6.07 Å². The summed E-state index contributed by atoms with van der Waals surface area (Å²) in [6.07, 6.45) is 6.41. The molecule has 0 saturated carbocycles. The smallest absolute Gasteiger partial charge is 0.189 e. The van der Waals surface area contributed by atoms with Crippen LogP contribution < -0.4 is 9.47 Å². The van der Waals surface area contributed by atoms with Gasteiger partial charge in [-0.3, -0.25) is 9.48 Å². The van der Waals surface area contributed by atoms with Gasteiger partial charge in [0.15, 0.2) is 5.78 Å². The van der Waals surface area contributed by atoms with E-state index in [0.717, 1.165) is 5.56 Å². The highest BCUT2D eigenvalue weighted by Crippen LogP contribution is 2.25. The van der Waals surface area contributed by atoms with Crippen molar-refractivity contribution in [3.63, 3.8) is 0 Å². The summed E-state index contributed by atoms with van der Waals surface area (Å²) in [6, 6.07) is 5.41. The fourth-order valence-corrected chi connectivity index (χ4v) is 1.78. The first-order chi connectivity index (χ1) is 9.63. The standard InChI is InChI=1S/C15H16N2O3/c1-17-10-12(9-16-17)14(18)6-4-11-8-13(19-2)5-7-15(11)20-3/h4-10H,1-3H3. The van der Waals surface area contributed by atoms with Crippen molar-refractivity contribution in [3.8, 4) is 11.5 Å². The molecule has 0 radical (unpaired) electrons. The van der Waals surface area contributed by atoms with Crippen molar-refractivity contribution < 1.29 is 14.3 Å². The van der Waals surface area contributed by atoms with Gasteiger partial charge in [0.2, 0.25) is 0 Å². The van der Waals surface area contributed by atoms with Crippen molar-refractivity contribution >= 4 is 11.9 Å². The molecule has 0 N–H and O–H groups in total. The molecule has 1 aromatic carbocycles. The molecule has 5 heteroatoms. The van der Waals surface area contributed by atoms with Crippen molar-refractivity contribution in [1.82, 2.24) is 9.78 Å². The zero-order valence-electron chi connectivity index (χ0n) is 11.7. The third-order valence-corrected chi connectivity index (χ3v) is 2.84. The number of methoxy groups -OCH3 is 2. The lowest BCUT2D eigenvalue weighted by molar-refractivity contribution is 0.104. The molecule has 0 bridgehead atoms. The number of rotatable bonds is 5. The van der Waals surface area contributed by atoms with Crippen molar-refractivity contribution in [3.05, 3.63) is 47.8 Å². The predicted octanol–water partition coefficient (Wildman–Crippen LogP) is 2.33. The quantitative estimate of drug-likeness (QED) is 0.619. The van der Waals surface area contributed by atoms with Crippen LogP contribution in [0.1, 0.15) is 15.9 Å². The highest BCUT2D eigenvalue weighted by Gasteiger charge is 2.06. The van der Waals surface area contributed by atoms with Gasteiger partial charge in [-0.25, -0.2) is 0 Å². The lowest BCUT2D eigenvalue weighted by Crippen LogP contribution is -1.93. The van der Waals surface area contributed by atoms with Crippen LogP contribution in [-0.4, -0.2) is 29.8 Å². The highest BCUT2D eigenvalue weighted by atomic mass is 16.5. The maximum absolute atomic E-state index is 12.0. The van der Waals surface area contributed by atoms with Crippen LogP contribution in [0, 0.1) is 0 Å². The summed E-state index contributed by atoms with van der Waals surface area (Å²) >= 11 is 0. The second kappa shape index (κ2) is 6.06. The Hall–Kier alpha value is -2.56. The molecule has 5 nitrogen and oxygen atoms in total. The number of ketones is 1. The largest absolute Gasteiger partial charge is 0.497 e. The number of ether oxygens (including phenoxy) is 2. The normalized spacial score (nSPS) is 10.8. The number of benzene rings is 1. The zero-order valence-corrected chi connectivity index (χ0v) is 11.7. The van der Waals surface area contributed by atoms with E-state index >= 15 is 0 Å². The Labute approximate surface area is 117 Å². The summed E-state index contributed by atoms with van der Waals surface area (Å²) < 4.78 is 12.0. The number of aryl methyl sites for hydroxylation is 1. The summed E-state index contributed by atoms with van der Waals surface area (Å²) in [6.45, 7) is 0.